The van der Waals surface area contributed by atoms with Crippen molar-refractivity contribution in [2.75, 3.05) is 0 Å². The third kappa shape index (κ3) is 4.59. The zero-order valence-corrected chi connectivity index (χ0v) is 14.9. The summed E-state index contributed by atoms with van der Waals surface area (Å²) in [5, 5.41) is 2.41. The molecule has 0 aliphatic carbocycles. The van der Waals surface area contributed by atoms with E-state index in [1.165, 1.54) is 0 Å². The van der Waals surface area contributed by atoms with Crippen LogP contribution in [-0.2, 0) is 11.2 Å². The maximum Gasteiger partial charge on any atom is 0.254 e. The van der Waals surface area contributed by atoms with Gasteiger partial charge < -0.3 is 11.1 Å². The van der Waals surface area contributed by atoms with Crippen molar-refractivity contribution in [3.8, 4) is 11.1 Å². The summed E-state index contributed by atoms with van der Waals surface area (Å²) in [7, 11) is 0. The molecule has 3 aromatic carbocycles. The van der Waals surface area contributed by atoms with Crippen LogP contribution in [0.4, 0.5) is 8.78 Å². The SMILES string of the molecule is NC(=O)[C@H](Cc1ccc(-c2ccccc2)cc1)NC(=O)c1ccc(F)cc1F. The zero-order chi connectivity index (χ0) is 20.1. The number of hydrogen-bond donors (Lipinski definition) is 2. The second-order valence-electron chi connectivity index (χ2n) is 6.32. The van der Waals surface area contributed by atoms with E-state index in [0.717, 1.165) is 28.8 Å². The molecule has 0 saturated heterocycles. The molecule has 0 radical (unpaired) electrons. The molecule has 142 valence electrons. The van der Waals surface area contributed by atoms with Crippen LogP contribution in [0.1, 0.15) is 15.9 Å². The van der Waals surface area contributed by atoms with E-state index < -0.39 is 29.5 Å². The standard InChI is InChI=1S/C22H18F2N2O2/c23-17-10-11-18(19(24)13-17)22(28)26-20(21(25)27)12-14-6-8-16(9-7-14)15-4-2-1-3-5-15/h1-11,13,20H,12H2,(H2,25,27)(H,26,28)/t20-/m0/s1. The van der Waals surface area contributed by atoms with Gasteiger partial charge in [0.2, 0.25) is 5.91 Å². The van der Waals surface area contributed by atoms with Gasteiger partial charge in [0.1, 0.15) is 17.7 Å². The number of rotatable bonds is 6. The number of primary amides is 1. The molecule has 0 aliphatic rings. The van der Waals surface area contributed by atoms with Crippen molar-refractivity contribution in [1.82, 2.24) is 5.32 Å². The number of halogens is 2. The second kappa shape index (κ2) is 8.43. The molecule has 0 unspecified atom stereocenters. The van der Waals surface area contributed by atoms with Crippen molar-refractivity contribution < 1.29 is 18.4 Å². The van der Waals surface area contributed by atoms with Crippen LogP contribution in [0.25, 0.3) is 11.1 Å². The molecule has 0 spiro atoms. The van der Waals surface area contributed by atoms with E-state index in [1.807, 2.05) is 54.6 Å². The molecular weight excluding hydrogens is 362 g/mol. The van der Waals surface area contributed by atoms with Crippen LogP contribution in [0, 0.1) is 11.6 Å². The summed E-state index contributed by atoms with van der Waals surface area (Å²) >= 11 is 0. The zero-order valence-electron chi connectivity index (χ0n) is 14.9. The van der Waals surface area contributed by atoms with Crippen molar-refractivity contribution in [2.24, 2.45) is 5.73 Å². The van der Waals surface area contributed by atoms with Gasteiger partial charge in [-0.3, -0.25) is 9.59 Å². The minimum Gasteiger partial charge on any atom is -0.368 e. The summed E-state index contributed by atoms with van der Waals surface area (Å²) in [6, 6.07) is 18.8. The van der Waals surface area contributed by atoms with Gasteiger partial charge in [0.15, 0.2) is 0 Å². The predicted molar refractivity (Wildman–Crippen MR) is 102 cm³/mol. The lowest BCUT2D eigenvalue weighted by atomic mass is 10.00. The molecule has 3 rings (SSSR count). The van der Waals surface area contributed by atoms with Crippen LogP contribution >= 0.6 is 0 Å². The minimum atomic E-state index is -1.03. The van der Waals surface area contributed by atoms with Gasteiger partial charge in [-0.15, -0.1) is 0 Å². The Bertz CT molecular complexity index is 989. The molecule has 3 aromatic rings. The fourth-order valence-electron chi connectivity index (χ4n) is 2.83. The maximum atomic E-state index is 13.8. The summed E-state index contributed by atoms with van der Waals surface area (Å²) in [5.41, 5.74) is 7.88. The third-order valence-corrected chi connectivity index (χ3v) is 4.33. The van der Waals surface area contributed by atoms with Crippen molar-refractivity contribution in [1.29, 1.82) is 0 Å². The Morgan fingerprint density at radius 3 is 2.14 bits per heavy atom. The highest BCUT2D eigenvalue weighted by Crippen LogP contribution is 2.20. The highest BCUT2D eigenvalue weighted by Gasteiger charge is 2.21. The number of carbonyl (C=O) groups excluding carboxylic acids is 2. The lowest BCUT2D eigenvalue weighted by molar-refractivity contribution is -0.119. The first-order chi connectivity index (χ1) is 13.4. The van der Waals surface area contributed by atoms with Gasteiger partial charge in [0.05, 0.1) is 5.56 Å². The molecule has 28 heavy (non-hydrogen) atoms. The highest BCUT2D eigenvalue weighted by atomic mass is 19.1. The quantitative estimate of drug-likeness (QED) is 0.687. The lowest BCUT2D eigenvalue weighted by Gasteiger charge is -2.16. The summed E-state index contributed by atoms with van der Waals surface area (Å²) in [4.78, 5) is 24.0. The number of carbonyl (C=O) groups is 2. The van der Waals surface area contributed by atoms with Gasteiger partial charge in [-0.2, -0.15) is 0 Å². The fourth-order valence-corrected chi connectivity index (χ4v) is 2.83. The number of hydrogen-bond acceptors (Lipinski definition) is 2. The monoisotopic (exact) mass is 380 g/mol. The van der Waals surface area contributed by atoms with Crippen LogP contribution in [-0.4, -0.2) is 17.9 Å². The van der Waals surface area contributed by atoms with Gasteiger partial charge in [0, 0.05) is 12.5 Å². The minimum absolute atomic E-state index is 0.152. The van der Waals surface area contributed by atoms with E-state index in [2.05, 4.69) is 5.32 Å². The van der Waals surface area contributed by atoms with E-state index in [0.29, 0.717) is 6.07 Å². The van der Waals surface area contributed by atoms with E-state index in [9.17, 15) is 18.4 Å². The smallest absolute Gasteiger partial charge is 0.254 e. The second-order valence-corrected chi connectivity index (χ2v) is 6.32. The Balaban J connectivity index is 1.72. The molecule has 0 aliphatic heterocycles. The van der Waals surface area contributed by atoms with Crippen molar-refractivity contribution >= 4 is 11.8 Å². The molecule has 0 heterocycles. The molecular formula is C22H18F2N2O2. The van der Waals surface area contributed by atoms with Gasteiger partial charge in [0.25, 0.3) is 5.91 Å². The molecule has 3 N–H and O–H groups in total. The normalized spacial score (nSPS) is 11.6. The third-order valence-electron chi connectivity index (χ3n) is 4.33. The average Bonchev–Trinajstić information content (AvgIpc) is 2.68. The van der Waals surface area contributed by atoms with Crippen LogP contribution < -0.4 is 11.1 Å². The van der Waals surface area contributed by atoms with Crippen molar-refractivity contribution in [3.63, 3.8) is 0 Å². The molecule has 1 atom stereocenters. The molecule has 0 bridgehead atoms. The molecule has 2 amide bonds. The maximum absolute atomic E-state index is 13.8. The summed E-state index contributed by atoms with van der Waals surface area (Å²) < 4.78 is 26.8. The van der Waals surface area contributed by atoms with Crippen LogP contribution in [0.3, 0.4) is 0 Å². The number of nitrogens with two attached hydrogens (primary N) is 1. The summed E-state index contributed by atoms with van der Waals surface area (Å²) in [6.45, 7) is 0. The van der Waals surface area contributed by atoms with Gasteiger partial charge >= 0.3 is 0 Å². The Labute approximate surface area is 161 Å². The van der Waals surface area contributed by atoms with Crippen molar-refractivity contribution in [2.45, 2.75) is 12.5 Å². The lowest BCUT2D eigenvalue weighted by Crippen LogP contribution is -2.46. The average molecular weight is 380 g/mol. The number of nitrogens with one attached hydrogen (secondary N) is 1. The van der Waals surface area contributed by atoms with E-state index in [4.69, 9.17) is 5.73 Å². The first-order valence-electron chi connectivity index (χ1n) is 8.63. The first kappa shape index (κ1) is 19.2. The van der Waals surface area contributed by atoms with E-state index in [1.54, 1.807) is 0 Å². The summed E-state index contributed by atoms with van der Waals surface area (Å²) in [6.07, 6.45) is 0.152. The number of amides is 2. The Hall–Kier alpha value is -3.54. The van der Waals surface area contributed by atoms with Gasteiger partial charge in [-0.05, 0) is 28.8 Å². The van der Waals surface area contributed by atoms with E-state index >= 15 is 0 Å². The topological polar surface area (TPSA) is 72.2 Å². The Kier molecular flexibility index (Phi) is 5.79. The molecule has 4 nitrogen and oxygen atoms in total. The molecule has 0 fully saturated rings. The van der Waals surface area contributed by atoms with Crippen LogP contribution in [0.15, 0.2) is 72.8 Å². The van der Waals surface area contributed by atoms with Crippen LogP contribution in [0.5, 0.6) is 0 Å². The van der Waals surface area contributed by atoms with E-state index in [-0.39, 0.29) is 12.0 Å². The van der Waals surface area contributed by atoms with Gasteiger partial charge in [-0.1, -0.05) is 54.6 Å². The largest absolute Gasteiger partial charge is 0.368 e. The van der Waals surface area contributed by atoms with Crippen LogP contribution in [0.2, 0.25) is 0 Å². The highest BCUT2D eigenvalue weighted by molar-refractivity contribution is 5.97. The molecule has 0 saturated carbocycles. The number of benzene rings is 3. The Morgan fingerprint density at radius 2 is 1.54 bits per heavy atom. The molecule has 6 heteroatoms. The van der Waals surface area contributed by atoms with Gasteiger partial charge in [-0.25, -0.2) is 8.78 Å². The molecule has 0 aromatic heterocycles. The van der Waals surface area contributed by atoms with Crippen molar-refractivity contribution in [3.05, 3.63) is 95.6 Å². The Morgan fingerprint density at radius 1 is 0.893 bits per heavy atom. The predicted octanol–water partition coefficient (Wildman–Crippen LogP) is 3.46. The fraction of sp³-hybridized carbons (Fsp3) is 0.0909. The summed E-state index contributed by atoms with van der Waals surface area (Å²) in [5.74, 6) is -3.38. The first-order valence-corrected chi connectivity index (χ1v) is 8.63.